The number of hydrogen-bond acceptors (Lipinski definition) is 1. The lowest BCUT2D eigenvalue weighted by atomic mass is 9.76. The molecule has 0 heterocycles. The van der Waals surface area contributed by atoms with Crippen LogP contribution in [0.1, 0.15) is 74.7 Å². The molecule has 1 nitrogen and oxygen atoms in total. The first-order valence-electron chi connectivity index (χ1n) is 8.47. The largest absolute Gasteiger partial charge is 0.388 e. The van der Waals surface area contributed by atoms with Gasteiger partial charge < -0.3 is 5.11 Å². The molecule has 0 aromatic heterocycles. The van der Waals surface area contributed by atoms with Crippen molar-refractivity contribution in [2.45, 2.75) is 71.8 Å². The number of hydrogen-bond donors (Lipinski definition) is 1. The van der Waals surface area contributed by atoms with Crippen molar-refractivity contribution in [3.05, 3.63) is 33.3 Å². The van der Waals surface area contributed by atoms with Gasteiger partial charge in [-0.15, -0.1) is 0 Å². The average molecular weight is 353 g/mol. The predicted molar refractivity (Wildman–Crippen MR) is 93.5 cm³/mol. The van der Waals surface area contributed by atoms with E-state index in [0.29, 0.717) is 5.92 Å². The summed E-state index contributed by atoms with van der Waals surface area (Å²) in [5.74, 6) is 1.35. The van der Waals surface area contributed by atoms with Gasteiger partial charge in [0.15, 0.2) is 0 Å². The van der Waals surface area contributed by atoms with E-state index in [0.717, 1.165) is 16.0 Å². The molecule has 1 fully saturated rings. The Kier molecular flexibility index (Phi) is 6.31. The van der Waals surface area contributed by atoms with Gasteiger partial charge in [0.1, 0.15) is 0 Å². The smallest absolute Gasteiger partial charge is 0.0820 e. The van der Waals surface area contributed by atoms with Crippen molar-refractivity contribution in [3.63, 3.8) is 0 Å². The third-order valence-electron chi connectivity index (χ3n) is 5.17. The SMILES string of the molecule is CCCCC1CCC(C(O)c2cc(C)c(Br)cc2C)CC1. The predicted octanol–water partition coefficient (Wildman–Crippen LogP) is 6.10. The summed E-state index contributed by atoms with van der Waals surface area (Å²) < 4.78 is 1.14. The third kappa shape index (κ3) is 4.32. The number of rotatable bonds is 5. The maximum Gasteiger partial charge on any atom is 0.0820 e. The molecule has 1 atom stereocenters. The topological polar surface area (TPSA) is 20.2 Å². The Hall–Kier alpha value is -0.340. The summed E-state index contributed by atoms with van der Waals surface area (Å²) in [6, 6.07) is 4.30. The number of aryl methyl sites for hydroxylation is 2. The lowest BCUT2D eigenvalue weighted by molar-refractivity contribution is 0.0715. The van der Waals surface area contributed by atoms with Crippen molar-refractivity contribution in [2.75, 3.05) is 0 Å². The van der Waals surface area contributed by atoms with Gasteiger partial charge >= 0.3 is 0 Å². The maximum absolute atomic E-state index is 10.8. The van der Waals surface area contributed by atoms with Crippen LogP contribution in [0.4, 0.5) is 0 Å². The minimum atomic E-state index is -0.288. The van der Waals surface area contributed by atoms with E-state index in [1.165, 1.54) is 56.1 Å². The lowest BCUT2D eigenvalue weighted by Crippen LogP contribution is -2.21. The molecule has 0 saturated heterocycles. The van der Waals surface area contributed by atoms with Crippen molar-refractivity contribution in [1.29, 1.82) is 0 Å². The van der Waals surface area contributed by atoms with Gasteiger partial charge in [-0.05, 0) is 61.3 Å². The summed E-state index contributed by atoms with van der Waals surface area (Å²) in [6.07, 6.45) is 8.74. The fraction of sp³-hybridized carbons (Fsp3) is 0.684. The van der Waals surface area contributed by atoms with Gasteiger partial charge in [-0.2, -0.15) is 0 Å². The van der Waals surface area contributed by atoms with Crippen LogP contribution in [0.3, 0.4) is 0 Å². The number of unbranched alkanes of at least 4 members (excludes halogenated alkanes) is 1. The molecule has 118 valence electrons. The van der Waals surface area contributed by atoms with Crippen molar-refractivity contribution in [2.24, 2.45) is 11.8 Å². The summed E-state index contributed by atoms with van der Waals surface area (Å²) in [5, 5.41) is 10.8. The summed E-state index contributed by atoms with van der Waals surface area (Å²) in [4.78, 5) is 0. The van der Waals surface area contributed by atoms with Crippen LogP contribution in [0, 0.1) is 25.7 Å². The van der Waals surface area contributed by atoms with Crippen LogP contribution in [-0.4, -0.2) is 5.11 Å². The maximum atomic E-state index is 10.8. The van der Waals surface area contributed by atoms with E-state index in [2.05, 4.69) is 48.8 Å². The highest BCUT2D eigenvalue weighted by Crippen LogP contribution is 2.40. The van der Waals surface area contributed by atoms with Crippen LogP contribution in [0.15, 0.2) is 16.6 Å². The lowest BCUT2D eigenvalue weighted by Gasteiger charge is -2.32. The Morgan fingerprint density at radius 3 is 2.43 bits per heavy atom. The minimum absolute atomic E-state index is 0.288. The molecule has 1 N–H and O–H groups in total. The highest BCUT2D eigenvalue weighted by atomic mass is 79.9. The van der Waals surface area contributed by atoms with Gasteiger partial charge in [-0.3, -0.25) is 0 Å². The van der Waals surface area contributed by atoms with Crippen molar-refractivity contribution in [3.8, 4) is 0 Å². The summed E-state index contributed by atoms with van der Waals surface area (Å²) in [5.41, 5.74) is 3.55. The molecule has 1 unspecified atom stereocenters. The monoisotopic (exact) mass is 352 g/mol. The Morgan fingerprint density at radius 1 is 1.14 bits per heavy atom. The molecule has 0 bridgehead atoms. The molecule has 1 aliphatic carbocycles. The van der Waals surface area contributed by atoms with E-state index < -0.39 is 0 Å². The summed E-state index contributed by atoms with van der Waals surface area (Å²) >= 11 is 3.58. The molecule has 21 heavy (non-hydrogen) atoms. The van der Waals surface area contributed by atoms with Crippen molar-refractivity contribution >= 4 is 15.9 Å². The molecule has 1 aromatic rings. The van der Waals surface area contributed by atoms with Crippen LogP contribution in [-0.2, 0) is 0 Å². The highest BCUT2D eigenvalue weighted by molar-refractivity contribution is 9.10. The quantitative estimate of drug-likeness (QED) is 0.678. The van der Waals surface area contributed by atoms with Gasteiger partial charge in [0, 0.05) is 4.47 Å². The first-order valence-corrected chi connectivity index (χ1v) is 9.27. The second-order valence-corrected chi connectivity index (χ2v) is 7.68. The van der Waals surface area contributed by atoms with Gasteiger partial charge in [0.05, 0.1) is 6.10 Å². The Morgan fingerprint density at radius 2 is 1.81 bits per heavy atom. The van der Waals surface area contributed by atoms with Crippen LogP contribution < -0.4 is 0 Å². The fourth-order valence-electron chi connectivity index (χ4n) is 3.66. The Labute approximate surface area is 138 Å². The van der Waals surface area contributed by atoms with Crippen LogP contribution in [0.5, 0.6) is 0 Å². The zero-order valence-corrected chi connectivity index (χ0v) is 15.2. The molecular formula is C19H29BrO. The number of aliphatic hydroxyl groups is 1. The zero-order chi connectivity index (χ0) is 15.4. The first-order chi connectivity index (χ1) is 10.0. The molecule has 2 heteroatoms. The van der Waals surface area contributed by atoms with E-state index in [-0.39, 0.29) is 6.10 Å². The Bertz CT molecular complexity index is 461. The van der Waals surface area contributed by atoms with Gasteiger partial charge in [-0.1, -0.05) is 61.0 Å². The normalized spacial score (nSPS) is 24.0. The van der Waals surface area contributed by atoms with Gasteiger partial charge in [0.25, 0.3) is 0 Å². The van der Waals surface area contributed by atoms with E-state index in [4.69, 9.17) is 0 Å². The van der Waals surface area contributed by atoms with E-state index in [9.17, 15) is 5.11 Å². The molecule has 0 amide bonds. The number of halogens is 1. The fourth-order valence-corrected chi connectivity index (χ4v) is 4.12. The van der Waals surface area contributed by atoms with E-state index >= 15 is 0 Å². The molecule has 1 aliphatic rings. The second-order valence-electron chi connectivity index (χ2n) is 6.83. The molecular weight excluding hydrogens is 324 g/mol. The minimum Gasteiger partial charge on any atom is -0.388 e. The van der Waals surface area contributed by atoms with Crippen molar-refractivity contribution in [1.82, 2.24) is 0 Å². The van der Waals surface area contributed by atoms with E-state index in [1.54, 1.807) is 0 Å². The van der Waals surface area contributed by atoms with Gasteiger partial charge in [0.2, 0.25) is 0 Å². The summed E-state index contributed by atoms with van der Waals surface area (Å²) in [7, 11) is 0. The average Bonchev–Trinajstić information content (AvgIpc) is 2.48. The molecule has 0 aliphatic heterocycles. The molecule has 1 saturated carbocycles. The van der Waals surface area contributed by atoms with Crippen LogP contribution in [0.2, 0.25) is 0 Å². The standard InChI is InChI=1S/C19H29BrO/c1-4-5-6-15-7-9-16(10-8-15)19(21)17-11-14(3)18(20)12-13(17)2/h11-12,15-16,19,21H,4-10H2,1-3H3. The Balaban J connectivity index is 1.99. The van der Waals surface area contributed by atoms with Crippen LogP contribution >= 0.6 is 15.9 Å². The number of aliphatic hydroxyl groups excluding tert-OH is 1. The first kappa shape index (κ1) is 17.0. The third-order valence-corrected chi connectivity index (χ3v) is 6.02. The molecule has 1 aromatic carbocycles. The van der Waals surface area contributed by atoms with Crippen molar-refractivity contribution < 1.29 is 5.11 Å². The molecule has 0 radical (unpaired) electrons. The van der Waals surface area contributed by atoms with E-state index in [1.807, 2.05) is 0 Å². The summed E-state index contributed by atoms with van der Waals surface area (Å²) in [6.45, 7) is 6.48. The zero-order valence-electron chi connectivity index (χ0n) is 13.7. The number of benzene rings is 1. The molecule has 2 rings (SSSR count). The highest BCUT2D eigenvalue weighted by Gasteiger charge is 2.28. The van der Waals surface area contributed by atoms with Crippen LogP contribution in [0.25, 0.3) is 0 Å². The second kappa shape index (κ2) is 7.78. The van der Waals surface area contributed by atoms with Gasteiger partial charge in [-0.25, -0.2) is 0 Å². The molecule has 0 spiro atoms.